The van der Waals surface area contributed by atoms with Crippen LogP contribution < -0.4 is 5.48 Å². The van der Waals surface area contributed by atoms with Crippen molar-refractivity contribution in [1.82, 2.24) is 5.48 Å². The highest BCUT2D eigenvalue weighted by Gasteiger charge is 2.31. The van der Waals surface area contributed by atoms with Crippen LogP contribution in [0.25, 0.3) is 0 Å². The van der Waals surface area contributed by atoms with Gasteiger partial charge in [-0.15, -0.1) is 5.48 Å². The molecule has 0 fully saturated rings. The third kappa shape index (κ3) is 6.01. The summed E-state index contributed by atoms with van der Waals surface area (Å²) >= 11 is 0. The summed E-state index contributed by atoms with van der Waals surface area (Å²) in [6, 6.07) is 6.01. The highest BCUT2D eigenvalue weighted by Crippen LogP contribution is 2.20. The molecule has 0 aliphatic heterocycles. The van der Waals surface area contributed by atoms with Crippen molar-refractivity contribution in [2.45, 2.75) is 52.0 Å². The molecular weight excluding hydrogens is 314 g/mol. The number of carbonyl (C=O) groups excluding carboxylic acids is 2. The van der Waals surface area contributed by atoms with E-state index in [-0.39, 0.29) is 23.5 Å². The first-order chi connectivity index (χ1) is 11.0. The van der Waals surface area contributed by atoms with Gasteiger partial charge in [-0.1, -0.05) is 12.1 Å². The predicted octanol–water partition coefficient (Wildman–Crippen LogP) is 1.44. The number of aliphatic hydroxyl groups is 2. The van der Waals surface area contributed by atoms with Gasteiger partial charge in [0.15, 0.2) is 5.78 Å². The van der Waals surface area contributed by atoms with E-state index in [1.54, 1.807) is 32.9 Å². The summed E-state index contributed by atoms with van der Waals surface area (Å²) in [5, 5.41) is 18.6. The average Bonchev–Trinajstić information content (AvgIpc) is 2.50. The second kappa shape index (κ2) is 7.85. The minimum Gasteiger partial charge on any atom is -0.394 e. The maximum Gasteiger partial charge on any atom is 0.356 e. The Morgan fingerprint density at radius 3 is 2.33 bits per heavy atom. The van der Waals surface area contributed by atoms with Gasteiger partial charge >= 0.3 is 5.97 Å². The zero-order chi connectivity index (χ0) is 18.5. The maximum absolute atomic E-state index is 12.6. The summed E-state index contributed by atoms with van der Waals surface area (Å²) in [5.74, 6) is -1.05. The molecule has 0 aromatic heterocycles. The Kier molecular flexibility index (Phi) is 6.62. The first-order valence-corrected chi connectivity index (χ1v) is 7.60. The van der Waals surface area contributed by atoms with E-state index in [4.69, 9.17) is 14.7 Å². The summed E-state index contributed by atoms with van der Waals surface area (Å²) in [6.07, 6.45) is -0.493. The first-order valence-electron chi connectivity index (χ1n) is 7.60. The number of carbonyl (C=O) groups is 2. The molecule has 0 saturated carbocycles. The molecule has 1 aromatic rings. The Morgan fingerprint density at radius 2 is 1.79 bits per heavy atom. The maximum atomic E-state index is 12.6. The topological polar surface area (TPSA) is 105 Å². The number of hydroxylamine groups is 1. The highest BCUT2D eigenvalue weighted by molar-refractivity contribution is 6.03. The second-order valence-electron chi connectivity index (χ2n) is 6.58. The Hall–Kier alpha value is -1.80. The fourth-order valence-corrected chi connectivity index (χ4v) is 1.96. The smallest absolute Gasteiger partial charge is 0.356 e. The summed E-state index contributed by atoms with van der Waals surface area (Å²) in [6.45, 7) is 7.49. The van der Waals surface area contributed by atoms with Crippen molar-refractivity contribution in [3.8, 4) is 0 Å². The normalized spacial score (nSPS) is 13.5. The minimum absolute atomic E-state index is 0.156. The molecule has 1 rings (SSSR count). The lowest BCUT2D eigenvalue weighted by molar-refractivity contribution is -0.0804. The number of aliphatic hydroxyl groups excluding tert-OH is 1. The molecule has 7 nitrogen and oxygen atoms in total. The van der Waals surface area contributed by atoms with Gasteiger partial charge in [0.1, 0.15) is 11.3 Å². The number of rotatable bonds is 8. The van der Waals surface area contributed by atoms with Crippen LogP contribution in [0.1, 0.15) is 55.3 Å². The molecule has 0 aliphatic rings. The third-order valence-electron chi connectivity index (χ3n) is 3.05. The molecule has 24 heavy (non-hydrogen) atoms. The predicted molar refractivity (Wildman–Crippen MR) is 87.3 cm³/mol. The molecule has 7 heteroatoms. The SMILES string of the molecule is C[C@@H](CO)OC(C)(C)C(=O)c1cccc(C(=O)ONC(C)(C)O)c1. The summed E-state index contributed by atoms with van der Waals surface area (Å²) < 4.78 is 5.53. The van der Waals surface area contributed by atoms with E-state index in [1.165, 1.54) is 26.0 Å². The lowest BCUT2D eigenvalue weighted by Crippen LogP contribution is -2.40. The van der Waals surface area contributed by atoms with Crippen LogP contribution in [0.3, 0.4) is 0 Å². The van der Waals surface area contributed by atoms with Crippen molar-refractivity contribution in [3.63, 3.8) is 0 Å². The Labute approximate surface area is 141 Å². The molecule has 3 N–H and O–H groups in total. The van der Waals surface area contributed by atoms with Crippen molar-refractivity contribution in [2.75, 3.05) is 6.61 Å². The van der Waals surface area contributed by atoms with Crippen LogP contribution >= 0.6 is 0 Å². The lowest BCUT2D eigenvalue weighted by atomic mass is 9.95. The summed E-state index contributed by atoms with van der Waals surface area (Å²) in [4.78, 5) is 29.3. The van der Waals surface area contributed by atoms with E-state index >= 15 is 0 Å². The van der Waals surface area contributed by atoms with E-state index < -0.39 is 23.4 Å². The van der Waals surface area contributed by atoms with Gasteiger partial charge in [0.25, 0.3) is 0 Å². The van der Waals surface area contributed by atoms with E-state index in [0.717, 1.165) is 0 Å². The van der Waals surface area contributed by atoms with Gasteiger partial charge in [0.05, 0.1) is 18.3 Å². The monoisotopic (exact) mass is 339 g/mol. The highest BCUT2D eigenvalue weighted by atomic mass is 16.7. The zero-order valence-corrected chi connectivity index (χ0v) is 14.6. The van der Waals surface area contributed by atoms with Gasteiger partial charge in [0.2, 0.25) is 0 Å². The van der Waals surface area contributed by atoms with Crippen LogP contribution in [0, 0.1) is 0 Å². The van der Waals surface area contributed by atoms with Crippen LogP contribution in [0.4, 0.5) is 0 Å². The first kappa shape index (κ1) is 20.2. The molecule has 0 bridgehead atoms. The number of ketones is 1. The quantitative estimate of drug-likeness (QED) is 0.374. The van der Waals surface area contributed by atoms with Crippen molar-refractivity contribution in [2.24, 2.45) is 0 Å². The van der Waals surface area contributed by atoms with Gasteiger partial charge in [-0.25, -0.2) is 4.79 Å². The molecule has 134 valence electrons. The third-order valence-corrected chi connectivity index (χ3v) is 3.05. The Morgan fingerprint density at radius 1 is 1.21 bits per heavy atom. The summed E-state index contributed by atoms with van der Waals surface area (Å²) in [7, 11) is 0. The molecule has 0 amide bonds. The number of Topliss-reactive ketones (excluding diaryl/α,β-unsaturated/α-hetero) is 1. The molecule has 0 aliphatic carbocycles. The number of nitrogens with one attached hydrogen (secondary N) is 1. The van der Waals surface area contributed by atoms with Gasteiger partial charge in [0, 0.05) is 5.56 Å². The summed E-state index contributed by atoms with van der Waals surface area (Å²) in [5.41, 5.74) is 0.106. The van der Waals surface area contributed by atoms with E-state index in [1.807, 2.05) is 0 Å². The largest absolute Gasteiger partial charge is 0.394 e. The standard InChI is InChI=1S/C17H25NO6/c1-11(10-19)23-16(2,3)14(20)12-7-6-8-13(9-12)15(21)24-18-17(4,5)22/h6-9,11,18-19,22H,10H2,1-5H3/t11-/m0/s1. The molecule has 0 spiro atoms. The number of hydrogen-bond donors (Lipinski definition) is 3. The number of benzene rings is 1. The van der Waals surface area contributed by atoms with Crippen LogP contribution in [0.15, 0.2) is 24.3 Å². The average molecular weight is 339 g/mol. The molecule has 0 unspecified atom stereocenters. The fourth-order valence-electron chi connectivity index (χ4n) is 1.96. The van der Waals surface area contributed by atoms with Crippen molar-refractivity contribution < 1.29 is 29.4 Å². The van der Waals surface area contributed by atoms with Gasteiger partial charge in [-0.3, -0.25) is 4.79 Å². The number of hydrogen-bond acceptors (Lipinski definition) is 7. The second-order valence-corrected chi connectivity index (χ2v) is 6.58. The van der Waals surface area contributed by atoms with Crippen molar-refractivity contribution in [1.29, 1.82) is 0 Å². The molecule has 0 saturated heterocycles. The molecular formula is C17H25NO6. The molecule has 0 radical (unpaired) electrons. The van der Waals surface area contributed by atoms with Gasteiger partial charge in [-0.05, 0) is 46.8 Å². The van der Waals surface area contributed by atoms with E-state index in [9.17, 15) is 14.7 Å². The van der Waals surface area contributed by atoms with Crippen molar-refractivity contribution >= 4 is 11.8 Å². The van der Waals surface area contributed by atoms with Crippen LogP contribution in [0.5, 0.6) is 0 Å². The number of ether oxygens (including phenoxy) is 1. The van der Waals surface area contributed by atoms with Gasteiger partial charge < -0.3 is 19.8 Å². The Balaban J connectivity index is 2.91. The molecule has 1 aromatic carbocycles. The van der Waals surface area contributed by atoms with Crippen LogP contribution in [-0.4, -0.2) is 46.0 Å². The lowest BCUT2D eigenvalue weighted by Gasteiger charge is -2.27. The molecule has 0 heterocycles. The zero-order valence-electron chi connectivity index (χ0n) is 14.6. The van der Waals surface area contributed by atoms with E-state index in [2.05, 4.69) is 5.48 Å². The molecule has 1 atom stereocenters. The minimum atomic E-state index is -1.38. The van der Waals surface area contributed by atoms with E-state index in [0.29, 0.717) is 0 Å². The van der Waals surface area contributed by atoms with Crippen LogP contribution in [-0.2, 0) is 9.57 Å². The van der Waals surface area contributed by atoms with Crippen LogP contribution in [0.2, 0.25) is 0 Å². The van der Waals surface area contributed by atoms with Gasteiger partial charge in [-0.2, -0.15) is 0 Å². The Bertz CT molecular complexity index is 591. The van der Waals surface area contributed by atoms with Crippen molar-refractivity contribution in [3.05, 3.63) is 35.4 Å². The fraction of sp³-hybridized carbons (Fsp3) is 0.529.